The van der Waals surface area contributed by atoms with Gasteiger partial charge >= 0.3 is 0 Å². The maximum Gasteiger partial charge on any atom is 0.253 e. The summed E-state index contributed by atoms with van der Waals surface area (Å²) >= 11 is 0. The summed E-state index contributed by atoms with van der Waals surface area (Å²) in [7, 11) is 1.77. The Morgan fingerprint density at radius 1 is 1.39 bits per heavy atom. The predicted octanol–water partition coefficient (Wildman–Crippen LogP) is 1.57. The second-order valence-corrected chi connectivity index (χ2v) is 6.11. The fourth-order valence-electron chi connectivity index (χ4n) is 3.03. The van der Waals surface area contributed by atoms with Gasteiger partial charge in [0.05, 0.1) is 6.07 Å². The van der Waals surface area contributed by atoms with E-state index < -0.39 is 5.41 Å². The van der Waals surface area contributed by atoms with Crippen molar-refractivity contribution in [3.63, 3.8) is 0 Å². The SMILES string of the molecule is CN1CCc2ccc(NC(=O)C3(C#N)CCOCC3)cc2C1=O. The molecule has 0 unspecified atom stereocenters. The summed E-state index contributed by atoms with van der Waals surface area (Å²) in [6.07, 6.45) is 1.59. The molecular weight excluding hydrogens is 294 g/mol. The van der Waals surface area contributed by atoms with Crippen molar-refractivity contribution in [1.29, 1.82) is 5.26 Å². The number of hydrogen-bond acceptors (Lipinski definition) is 4. The highest BCUT2D eigenvalue weighted by atomic mass is 16.5. The Hall–Kier alpha value is -2.39. The smallest absolute Gasteiger partial charge is 0.253 e. The van der Waals surface area contributed by atoms with Gasteiger partial charge in [-0.05, 0) is 37.0 Å². The molecule has 0 bridgehead atoms. The lowest BCUT2D eigenvalue weighted by Gasteiger charge is -2.29. The minimum absolute atomic E-state index is 0.0385. The van der Waals surface area contributed by atoms with E-state index in [1.54, 1.807) is 24.1 Å². The fraction of sp³-hybridized carbons (Fsp3) is 0.471. The van der Waals surface area contributed by atoms with Crippen LogP contribution in [-0.4, -0.2) is 43.5 Å². The van der Waals surface area contributed by atoms with Gasteiger partial charge in [-0.3, -0.25) is 9.59 Å². The highest BCUT2D eigenvalue weighted by molar-refractivity contribution is 6.01. The lowest BCUT2D eigenvalue weighted by Crippen LogP contribution is -2.40. The molecule has 0 radical (unpaired) electrons. The molecule has 2 aliphatic heterocycles. The average Bonchev–Trinajstić information content (AvgIpc) is 2.59. The van der Waals surface area contributed by atoms with Crippen LogP contribution in [0.1, 0.15) is 28.8 Å². The van der Waals surface area contributed by atoms with Gasteiger partial charge in [0, 0.05) is 38.1 Å². The molecular formula is C17H19N3O3. The molecule has 2 heterocycles. The number of carbonyl (C=O) groups is 2. The second-order valence-electron chi connectivity index (χ2n) is 6.11. The summed E-state index contributed by atoms with van der Waals surface area (Å²) in [6.45, 7) is 1.53. The van der Waals surface area contributed by atoms with Crippen LogP contribution in [0.2, 0.25) is 0 Å². The summed E-state index contributed by atoms with van der Waals surface area (Å²) in [5.74, 6) is -0.358. The van der Waals surface area contributed by atoms with E-state index in [1.165, 1.54) is 0 Å². The van der Waals surface area contributed by atoms with E-state index in [2.05, 4.69) is 11.4 Å². The minimum Gasteiger partial charge on any atom is -0.381 e. The summed E-state index contributed by atoms with van der Waals surface area (Å²) in [5.41, 5.74) is 1.12. The van der Waals surface area contributed by atoms with Crippen LogP contribution in [0.4, 0.5) is 5.69 Å². The first kappa shape index (κ1) is 15.5. The average molecular weight is 313 g/mol. The van der Waals surface area contributed by atoms with Crippen molar-refractivity contribution in [2.75, 3.05) is 32.1 Å². The highest BCUT2D eigenvalue weighted by Gasteiger charge is 2.40. The van der Waals surface area contributed by atoms with E-state index in [9.17, 15) is 14.9 Å². The molecule has 2 aliphatic rings. The number of benzene rings is 1. The Labute approximate surface area is 135 Å². The lowest BCUT2D eigenvalue weighted by molar-refractivity contribution is -0.126. The molecule has 1 fully saturated rings. The summed E-state index contributed by atoms with van der Waals surface area (Å²) < 4.78 is 5.25. The van der Waals surface area contributed by atoms with Crippen molar-refractivity contribution < 1.29 is 14.3 Å². The van der Waals surface area contributed by atoms with E-state index in [-0.39, 0.29) is 11.8 Å². The molecule has 23 heavy (non-hydrogen) atoms. The quantitative estimate of drug-likeness (QED) is 0.898. The van der Waals surface area contributed by atoms with Crippen LogP contribution in [0.25, 0.3) is 0 Å². The van der Waals surface area contributed by atoms with Crippen LogP contribution < -0.4 is 5.32 Å². The Morgan fingerprint density at radius 2 is 2.13 bits per heavy atom. The molecule has 1 aromatic carbocycles. The number of nitriles is 1. The van der Waals surface area contributed by atoms with Gasteiger partial charge in [-0.25, -0.2) is 0 Å². The summed E-state index contributed by atoms with van der Waals surface area (Å²) in [6, 6.07) is 7.52. The van der Waals surface area contributed by atoms with E-state index in [1.807, 2.05) is 6.07 Å². The molecule has 0 aromatic heterocycles. The number of amides is 2. The van der Waals surface area contributed by atoms with E-state index in [4.69, 9.17) is 4.74 Å². The molecule has 6 nitrogen and oxygen atoms in total. The van der Waals surface area contributed by atoms with Gasteiger partial charge in [0.1, 0.15) is 5.41 Å². The number of fused-ring (bicyclic) bond motifs is 1. The molecule has 0 aliphatic carbocycles. The third-order valence-corrected chi connectivity index (χ3v) is 4.66. The third kappa shape index (κ3) is 2.80. The van der Waals surface area contributed by atoms with Crippen LogP contribution >= 0.6 is 0 Å². The Morgan fingerprint density at radius 3 is 2.83 bits per heavy atom. The number of nitrogens with zero attached hydrogens (tertiary/aromatic N) is 2. The molecule has 120 valence electrons. The van der Waals surface area contributed by atoms with Crippen molar-refractivity contribution in [2.24, 2.45) is 5.41 Å². The Bertz CT molecular complexity index is 687. The van der Waals surface area contributed by atoms with Crippen LogP contribution in [0.3, 0.4) is 0 Å². The lowest BCUT2D eigenvalue weighted by atomic mass is 9.81. The van der Waals surface area contributed by atoms with Crippen LogP contribution in [0, 0.1) is 16.7 Å². The Kier molecular flexibility index (Phi) is 4.05. The van der Waals surface area contributed by atoms with E-state index in [0.717, 1.165) is 12.0 Å². The molecule has 0 spiro atoms. The normalized spacial score (nSPS) is 19.7. The minimum atomic E-state index is -1.05. The number of anilines is 1. The van der Waals surface area contributed by atoms with Crippen molar-refractivity contribution in [1.82, 2.24) is 4.90 Å². The second kappa shape index (κ2) is 6.01. The van der Waals surface area contributed by atoms with Gasteiger partial charge in [0.2, 0.25) is 5.91 Å². The van der Waals surface area contributed by atoms with Gasteiger partial charge in [0.15, 0.2) is 0 Å². The number of likely N-dealkylation sites (N-methyl/N-ethyl adjacent to an activating group) is 1. The predicted molar refractivity (Wildman–Crippen MR) is 83.8 cm³/mol. The molecule has 2 amide bonds. The third-order valence-electron chi connectivity index (χ3n) is 4.66. The van der Waals surface area contributed by atoms with Crippen molar-refractivity contribution in [3.05, 3.63) is 29.3 Å². The molecule has 6 heteroatoms. The van der Waals surface area contributed by atoms with Crippen LogP contribution in [0.5, 0.6) is 0 Å². The first-order chi connectivity index (χ1) is 11.1. The number of hydrogen-bond donors (Lipinski definition) is 1. The first-order valence-corrected chi connectivity index (χ1v) is 7.74. The Balaban J connectivity index is 1.82. The first-order valence-electron chi connectivity index (χ1n) is 7.74. The van der Waals surface area contributed by atoms with Crippen LogP contribution in [0.15, 0.2) is 18.2 Å². The largest absolute Gasteiger partial charge is 0.381 e. The topological polar surface area (TPSA) is 82.4 Å². The molecule has 1 saturated heterocycles. The highest BCUT2D eigenvalue weighted by Crippen LogP contribution is 2.32. The maximum absolute atomic E-state index is 12.5. The zero-order valence-electron chi connectivity index (χ0n) is 13.1. The monoisotopic (exact) mass is 313 g/mol. The fourth-order valence-corrected chi connectivity index (χ4v) is 3.03. The van der Waals surface area contributed by atoms with Gasteiger partial charge in [-0.15, -0.1) is 0 Å². The number of ether oxygens (including phenoxy) is 1. The van der Waals surface area contributed by atoms with Crippen molar-refractivity contribution in [2.45, 2.75) is 19.3 Å². The maximum atomic E-state index is 12.5. The van der Waals surface area contributed by atoms with Gasteiger partial charge in [-0.2, -0.15) is 5.26 Å². The number of rotatable bonds is 2. The summed E-state index contributed by atoms with van der Waals surface area (Å²) in [4.78, 5) is 26.4. The molecule has 0 saturated carbocycles. The van der Waals surface area contributed by atoms with E-state index in [0.29, 0.717) is 43.9 Å². The van der Waals surface area contributed by atoms with Crippen LogP contribution in [-0.2, 0) is 16.0 Å². The van der Waals surface area contributed by atoms with Crippen molar-refractivity contribution >= 4 is 17.5 Å². The van der Waals surface area contributed by atoms with Gasteiger partial charge < -0.3 is 15.0 Å². The number of nitrogens with one attached hydrogen (secondary N) is 1. The molecule has 1 aromatic rings. The van der Waals surface area contributed by atoms with Crippen molar-refractivity contribution in [3.8, 4) is 6.07 Å². The van der Waals surface area contributed by atoms with E-state index >= 15 is 0 Å². The zero-order chi connectivity index (χ0) is 16.4. The van der Waals surface area contributed by atoms with Gasteiger partial charge in [-0.1, -0.05) is 6.07 Å². The standard InChI is InChI=1S/C17H19N3O3/c1-20-7-4-12-2-3-13(10-14(12)15(20)21)19-16(22)17(11-18)5-8-23-9-6-17/h2-3,10H,4-9H2,1H3,(H,19,22). The number of carbonyl (C=O) groups excluding carboxylic acids is 2. The zero-order valence-corrected chi connectivity index (χ0v) is 13.1. The molecule has 1 N–H and O–H groups in total. The molecule has 3 rings (SSSR count). The van der Waals surface area contributed by atoms with Gasteiger partial charge in [0.25, 0.3) is 5.91 Å². The summed E-state index contributed by atoms with van der Waals surface area (Å²) in [5, 5.41) is 12.2. The molecule has 0 atom stereocenters.